The number of aliphatic imine (C=N–C) groups is 1. The molecule has 0 unspecified atom stereocenters. The molecule has 0 aliphatic heterocycles. The predicted molar refractivity (Wildman–Crippen MR) is 107 cm³/mol. The molecule has 0 saturated heterocycles. The number of nitrogens with one attached hydrogen (secondary N) is 2. The molecule has 0 bridgehead atoms. The van der Waals surface area contributed by atoms with Gasteiger partial charge >= 0.3 is 0 Å². The molecule has 2 N–H and O–H groups in total. The van der Waals surface area contributed by atoms with E-state index in [9.17, 15) is 0 Å². The van der Waals surface area contributed by atoms with Crippen LogP contribution >= 0.6 is 35.7 Å². The lowest BCUT2D eigenvalue weighted by molar-refractivity contribution is 0.359. The van der Waals surface area contributed by atoms with Crippen molar-refractivity contribution in [1.29, 1.82) is 0 Å². The van der Waals surface area contributed by atoms with Gasteiger partial charge in [0, 0.05) is 25.9 Å². The van der Waals surface area contributed by atoms with Crippen LogP contribution < -0.4 is 10.6 Å². The molecule has 0 aliphatic rings. The zero-order valence-electron chi connectivity index (χ0n) is 13.5. The molecule has 1 aromatic rings. The van der Waals surface area contributed by atoms with Gasteiger partial charge in [0.1, 0.15) is 0 Å². The lowest BCUT2D eigenvalue weighted by Crippen LogP contribution is -2.43. The van der Waals surface area contributed by atoms with E-state index in [1.807, 2.05) is 18.8 Å². The average Bonchev–Trinajstić information content (AvgIpc) is 2.43. The van der Waals surface area contributed by atoms with Crippen molar-refractivity contribution in [2.75, 3.05) is 32.1 Å². The molecule has 1 aromatic carbocycles. The smallest absolute Gasteiger partial charge is 0.191 e. The van der Waals surface area contributed by atoms with Gasteiger partial charge in [0.25, 0.3) is 0 Å². The summed E-state index contributed by atoms with van der Waals surface area (Å²) in [7, 11) is 1.82. The van der Waals surface area contributed by atoms with Crippen molar-refractivity contribution < 1.29 is 0 Å². The molecule has 1 rings (SSSR count). The summed E-state index contributed by atoms with van der Waals surface area (Å²) < 4.78 is 0. The maximum absolute atomic E-state index is 4.26. The fourth-order valence-electron chi connectivity index (χ4n) is 2.03. The molecular weight excluding hydrogens is 393 g/mol. The van der Waals surface area contributed by atoms with E-state index in [-0.39, 0.29) is 29.4 Å². The number of halogens is 1. The third kappa shape index (κ3) is 9.24. The van der Waals surface area contributed by atoms with E-state index in [2.05, 4.69) is 66.1 Å². The summed E-state index contributed by atoms with van der Waals surface area (Å²) >= 11 is 1.83. The number of rotatable bonds is 7. The molecule has 0 fully saturated rings. The Balaban J connectivity index is 0.00000400. The van der Waals surface area contributed by atoms with Crippen LogP contribution in [0.3, 0.4) is 0 Å². The first-order valence-electron chi connectivity index (χ1n) is 7.05. The predicted octanol–water partition coefficient (Wildman–Crippen LogP) is 3.40. The number of nitrogens with zero attached hydrogens (tertiary/aromatic N) is 1. The van der Waals surface area contributed by atoms with E-state index < -0.39 is 0 Å². The molecule has 21 heavy (non-hydrogen) atoms. The molecule has 0 heterocycles. The molecule has 0 atom stereocenters. The normalized spacial score (nSPS) is 11.7. The van der Waals surface area contributed by atoms with Crippen LogP contribution in [0.2, 0.25) is 0 Å². The highest BCUT2D eigenvalue weighted by molar-refractivity contribution is 14.0. The zero-order valence-corrected chi connectivity index (χ0v) is 16.6. The summed E-state index contributed by atoms with van der Waals surface area (Å²) in [6.07, 6.45) is 3.17. The highest BCUT2D eigenvalue weighted by Crippen LogP contribution is 2.20. The number of benzene rings is 1. The van der Waals surface area contributed by atoms with Crippen LogP contribution in [0.4, 0.5) is 0 Å². The Morgan fingerprint density at radius 3 is 2.43 bits per heavy atom. The number of hydrogen-bond donors (Lipinski definition) is 2. The minimum Gasteiger partial charge on any atom is -0.356 e. The fraction of sp³-hybridized carbons (Fsp3) is 0.562. The van der Waals surface area contributed by atoms with Gasteiger partial charge in [0.2, 0.25) is 0 Å². The molecule has 0 radical (unpaired) electrons. The summed E-state index contributed by atoms with van der Waals surface area (Å²) in [5.41, 5.74) is 1.57. The first-order valence-corrected chi connectivity index (χ1v) is 8.44. The third-order valence-corrected chi connectivity index (χ3v) is 3.69. The van der Waals surface area contributed by atoms with Gasteiger partial charge in [-0.15, -0.1) is 24.0 Å². The van der Waals surface area contributed by atoms with Crippen LogP contribution in [-0.2, 0) is 6.42 Å². The molecule has 5 heteroatoms. The third-order valence-electron chi connectivity index (χ3n) is 3.08. The quantitative estimate of drug-likeness (QED) is 0.307. The Bertz CT molecular complexity index is 407. The summed E-state index contributed by atoms with van der Waals surface area (Å²) in [4.78, 5) is 4.26. The van der Waals surface area contributed by atoms with E-state index >= 15 is 0 Å². The summed E-state index contributed by atoms with van der Waals surface area (Å²) in [6.45, 7) is 6.41. The number of thioether (sulfide) groups is 1. The maximum atomic E-state index is 4.26. The van der Waals surface area contributed by atoms with Gasteiger partial charge in [-0.05, 0) is 23.7 Å². The minimum atomic E-state index is 0. The number of hydrogen-bond acceptors (Lipinski definition) is 2. The molecule has 0 saturated carbocycles. The molecule has 0 aliphatic carbocycles. The Kier molecular flexibility index (Phi) is 11.0. The van der Waals surface area contributed by atoms with Crippen molar-refractivity contribution in [3.05, 3.63) is 35.9 Å². The van der Waals surface area contributed by atoms with Crippen LogP contribution in [-0.4, -0.2) is 38.1 Å². The Morgan fingerprint density at radius 2 is 1.86 bits per heavy atom. The lowest BCUT2D eigenvalue weighted by atomic mass is 9.86. The zero-order chi connectivity index (χ0) is 14.8. The largest absolute Gasteiger partial charge is 0.356 e. The monoisotopic (exact) mass is 421 g/mol. The standard InChI is InChI=1S/C16H27N3S.HI/c1-16(2,12-14-8-6-5-7-9-14)13-19-15(17-3)18-10-11-20-4;/h5-9H,10-13H2,1-4H3,(H2,17,18,19);1H. The van der Waals surface area contributed by atoms with Gasteiger partial charge < -0.3 is 10.6 Å². The summed E-state index contributed by atoms with van der Waals surface area (Å²) in [5, 5.41) is 6.74. The maximum Gasteiger partial charge on any atom is 0.191 e. The lowest BCUT2D eigenvalue weighted by Gasteiger charge is -2.26. The highest BCUT2D eigenvalue weighted by Gasteiger charge is 2.18. The van der Waals surface area contributed by atoms with E-state index in [1.54, 1.807) is 0 Å². The number of guanidine groups is 1. The van der Waals surface area contributed by atoms with E-state index in [4.69, 9.17) is 0 Å². The highest BCUT2D eigenvalue weighted by atomic mass is 127. The van der Waals surface area contributed by atoms with Crippen molar-refractivity contribution >= 4 is 41.7 Å². The van der Waals surface area contributed by atoms with Gasteiger partial charge in [0.05, 0.1) is 0 Å². The van der Waals surface area contributed by atoms with Crippen LogP contribution in [0.15, 0.2) is 35.3 Å². The first kappa shape index (κ1) is 20.6. The van der Waals surface area contributed by atoms with Crippen LogP contribution in [0.5, 0.6) is 0 Å². The molecule has 0 aromatic heterocycles. The topological polar surface area (TPSA) is 36.4 Å². The van der Waals surface area contributed by atoms with Crippen molar-refractivity contribution in [2.24, 2.45) is 10.4 Å². The SMILES string of the molecule is CN=C(NCCSC)NCC(C)(C)Cc1ccccc1.I. The van der Waals surface area contributed by atoms with Crippen LogP contribution in [0, 0.1) is 5.41 Å². The van der Waals surface area contributed by atoms with Gasteiger partial charge in [0.15, 0.2) is 5.96 Å². The minimum absolute atomic E-state index is 0. The second-order valence-electron chi connectivity index (χ2n) is 5.67. The second-order valence-corrected chi connectivity index (χ2v) is 6.66. The molecule has 3 nitrogen and oxygen atoms in total. The van der Waals surface area contributed by atoms with Crippen molar-refractivity contribution in [3.8, 4) is 0 Å². The van der Waals surface area contributed by atoms with E-state index in [0.29, 0.717) is 0 Å². The van der Waals surface area contributed by atoms with Crippen molar-refractivity contribution in [3.63, 3.8) is 0 Å². The van der Waals surface area contributed by atoms with Crippen LogP contribution in [0.25, 0.3) is 0 Å². The summed E-state index contributed by atoms with van der Waals surface area (Å²) in [5.74, 6) is 1.98. The molecular formula is C16H28IN3S. The molecule has 120 valence electrons. The van der Waals surface area contributed by atoms with Gasteiger partial charge in [-0.25, -0.2) is 0 Å². The van der Waals surface area contributed by atoms with Gasteiger partial charge in [-0.2, -0.15) is 11.8 Å². The van der Waals surface area contributed by atoms with Crippen molar-refractivity contribution in [2.45, 2.75) is 20.3 Å². The van der Waals surface area contributed by atoms with E-state index in [0.717, 1.165) is 31.2 Å². The van der Waals surface area contributed by atoms with Crippen molar-refractivity contribution in [1.82, 2.24) is 10.6 Å². The van der Waals surface area contributed by atoms with Gasteiger partial charge in [-0.1, -0.05) is 44.2 Å². The molecule has 0 spiro atoms. The summed E-state index contributed by atoms with van der Waals surface area (Å²) in [6, 6.07) is 10.6. The van der Waals surface area contributed by atoms with Gasteiger partial charge in [-0.3, -0.25) is 4.99 Å². The van der Waals surface area contributed by atoms with Crippen LogP contribution in [0.1, 0.15) is 19.4 Å². The fourth-order valence-corrected chi connectivity index (χ4v) is 2.33. The second kappa shape index (κ2) is 11.2. The Labute approximate surface area is 150 Å². The van der Waals surface area contributed by atoms with E-state index in [1.165, 1.54) is 5.56 Å². The Morgan fingerprint density at radius 1 is 1.19 bits per heavy atom. The average molecular weight is 421 g/mol. The molecule has 0 amide bonds. The first-order chi connectivity index (χ1) is 9.57. The Hall–Kier alpha value is -0.430.